The van der Waals surface area contributed by atoms with Crippen LogP contribution in [0.15, 0.2) is 88.3 Å². The molecule has 6 nitrogen and oxygen atoms in total. The van der Waals surface area contributed by atoms with Gasteiger partial charge < -0.3 is 10.2 Å². The molecule has 27 heavy (non-hydrogen) atoms. The van der Waals surface area contributed by atoms with E-state index in [0.29, 0.717) is 12.1 Å². The standard InChI is InChI=1S/C20H16N4O2S/c25-20(17-13-16(24-26-17)14-6-2-1-3-7-14)23-15-9-11-22-19(12-15)27-18-8-4-5-10-21-18/h1-12,17H,13H2,(H,22,23,25)/t17-/m0/s1. The molecule has 0 aliphatic carbocycles. The molecule has 0 fully saturated rings. The predicted molar refractivity (Wildman–Crippen MR) is 104 cm³/mol. The Morgan fingerprint density at radius 3 is 2.63 bits per heavy atom. The summed E-state index contributed by atoms with van der Waals surface area (Å²) in [5.74, 6) is -0.232. The van der Waals surface area contributed by atoms with Crippen LogP contribution in [0.5, 0.6) is 0 Å². The molecule has 134 valence electrons. The fourth-order valence-corrected chi connectivity index (χ4v) is 3.37. The third-order valence-corrected chi connectivity index (χ3v) is 4.80. The smallest absolute Gasteiger partial charge is 0.268 e. The number of amides is 1. The van der Waals surface area contributed by atoms with Gasteiger partial charge in [0.1, 0.15) is 10.1 Å². The van der Waals surface area contributed by atoms with E-state index in [2.05, 4.69) is 20.4 Å². The van der Waals surface area contributed by atoms with Crippen molar-refractivity contribution in [3.05, 3.63) is 78.6 Å². The van der Waals surface area contributed by atoms with Gasteiger partial charge in [0, 0.05) is 24.5 Å². The van der Waals surface area contributed by atoms with Gasteiger partial charge in [0.25, 0.3) is 5.91 Å². The highest BCUT2D eigenvalue weighted by Crippen LogP contribution is 2.26. The average Bonchev–Trinajstić information content (AvgIpc) is 3.20. The molecule has 1 aliphatic rings. The molecule has 0 saturated heterocycles. The van der Waals surface area contributed by atoms with Crippen LogP contribution >= 0.6 is 11.8 Å². The third-order valence-electron chi connectivity index (χ3n) is 3.92. The number of anilines is 1. The lowest BCUT2D eigenvalue weighted by Crippen LogP contribution is -2.28. The maximum atomic E-state index is 12.5. The first-order valence-corrected chi connectivity index (χ1v) is 9.23. The molecule has 7 heteroatoms. The first-order valence-electron chi connectivity index (χ1n) is 8.42. The quantitative estimate of drug-likeness (QED) is 0.734. The summed E-state index contributed by atoms with van der Waals surface area (Å²) < 4.78 is 0. The average molecular weight is 376 g/mol. The summed E-state index contributed by atoms with van der Waals surface area (Å²) in [7, 11) is 0. The normalized spacial score (nSPS) is 15.7. The SMILES string of the molecule is O=C(Nc1ccnc(Sc2ccccn2)c1)[C@@H]1CC(c2ccccc2)=NO1. The summed E-state index contributed by atoms with van der Waals surface area (Å²) in [6, 6.07) is 19.0. The van der Waals surface area contributed by atoms with Crippen molar-refractivity contribution in [3.8, 4) is 0 Å². The first-order chi connectivity index (χ1) is 13.3. The monoisotopic (exact) mass is 376 g/mol. The molecule has 1 aromatic carbocycles. The van der Waals surface area contributed by atoms with Crippen molar-refractivity contribution in [3.63, 3.8) is 0 Å². The number of benzene rings is 1. The fourth-order valence-electron chi connectivity index (χ4n) is 2.60. The van der Waals surface area contributed by atoms with Gasteiger partial charge in [-0.05, 0) is 29.8 Å². The topological polar surface area (TPSA) is 76.5 Å². The molecule has 1 atom stereocenters. The van der Waals surface area contributed by atoms with Crippen LogP contribution in [0.1, 0.15) is 12.0 Å². The minimum Gasteiger partial charge on any atom is -0.382 e. The van der Waals surface area contributed by atoms with Gasteiger partial charge in [-0.3, -0.25) is 4.79 Å². The number of hydrogen-bond donors (Lipinski definition) is 1. The van der Waals surface area contributed by atoms with Crippen LogP contribution in [0.3, 0.4) is 0 Å². The van der Waals surface area contributed by atoms with Crippen molar-refractivity contribution in [1.82, 2.24) is 9.97 Å². The van der Waals surface area contributed by atoms with E-state index in [4.69, 9.17) is 4.84 Å². The van der Waals surface area contributed by atoms with Crippen molar-refractivity contribution in [2.24, 2.45) is 5.16 Å². The molecule has 4 rings (SSSR count). The van der Waals surface area contributed by atoms with Crippen molar-refractivity contribution >= 4 is 29.1 Å². The maximum Gasteiger partial charge on any atom is 0.268 e. The number of carbonyl (C=O) groups is 1. The summed E-state index contributed by atoms with van der Waals surface area (Å²) in [6.45, 7) is 0. The van der Waals surface area contributed by atoms with E-state index >= 15 is 0 Å². The molecule has 0 radical (unpaired) electrons. The second-order valence-electron chi connectivity index (χ2n) is 5.84. The minimum absolute atomic E-state index is 0.232. The Balaban J connectivity index is 1.38. The molecule has 3 aromatic rings. The van der Waals surface area contributed by atoms with Crippen LogP contribution in [0.4, 0.5) is 5.69 Å². The van der Waals surface area contributed by atoms with Crippen molar-refractivity contribution in [2.45, 2.75) is 22.6 Å². The number of aromatic nitrogens is 2. The van der Waals surface area contributed by atoms with E-state index in [-0.39, 0.29) is 5.91 Å². The number of pyridine rings is 2. The van der Waals surface area contributed by atoms with Crippen LogP contribution in [-0.2, 0) is 9.63 Å². The van der Waals surface area contributed by atoms with Crippen LogP contribution in [0, 0.1) is 0 Å². The number of rotatable bonds is 5. The molecule has 3 heterocycles. The van der Waals surface area contributed by atoms with Gasteiger partial charge in [-0.1, -0.05) is 53.3 Å². The Labute approximate surface area is 160 Å². The molecule has 2 aromatic heterocycles. The van der Waals surface area contributed by atoms with Gasteiger partial charge in [0.15, 0.2) is 0 Å². The van der Waals surface area contributed by atoms with E-state index in [9.17, 15) is 4.79 Å². The highest BCUT2D eigenvalue weighted by molar-refractivity contribution is 7.99. The van der Waals surface area contributed by atoms with Crippen molar-refractivity contribution < 1.29 is 9.63 Å². The Kier molecular flexibility index (Phi) is 5.11. The van der Waals surface area contributed by atoms with E-state index in [1.54, 1.807) is 18.5 Å². The van der Waals surface area contributed by atoms with Gasteiger partial charge in [-0.25, -0.2) is 9.97 Å². The van der Waals surface area contributed by atoms with Gasteiger partial charge in [-0.2, -0.15) is 0 Å². The Morgan fingerprint density at radius 1 is 1.00 bits per heavy atom. The second kappa shape index (κ2) is 8.01. The molecule has 1 aliphatic heterocycles. The Bertz CT molecular complexity index is 964. The van der Waals surface area contributed by atoms with Gasteiger partial charge >= 0.3 is 0 Å². The predicted octanol–water partition coefficient (Wildman–Crippen LogP) is 3.76. The van der Waals surface area contributed by atoms with Gasteiger partial charge in [0.2, 0.25) is 6.10 Å². The number of oxime groups is 1. The largest absolute Gasteiger partial charge is 0.382 e. The number of nitrogens with zero attached hydrogens (tertiary/aromatic N) is 3. The van der Waals surface area contributed by atoms with E-state index < -0.39 is 6.10 Å². The van der Waals surface area contributed by atoms with Crippen LogP contribution < -0.4 is 5.32 Å². The zero-order valence-corrected chi connectivity index (χ0v) is 15.1. The lowest BCUT2D eigenvalue weighted by molar-refractivity contribution is -0.125. The Morgan fingerprint density at radius 2 is 1.81 bits per heavy atom. The zero-order valence-electron chi connectivity index (χ0n) is 14.3. The van der Waals surface area contributed by atoms with Crippen molar-refractivity contribution in [2.75, 3.05) is 5.32 Å². The molecule has 0 bridgehead atoms. The van der Waals surface area contributed by atoms with Crippen LogP contribution in [0.25, 0.3) is 0 Å². The lowest BCUT2D eigenvalue weighted by Gasteiger charge is -2.10. The van der Waals surface area contributed by atoms with Gasteiger partial charge in [-0.15, -0.1) is 0 Å². The van der Waals surface area contributed by atoms with E-state index in [0.717, 1.165) is 21.3 Å². The number of nitrogens with one attached hydrogen (secondary N) is 1. The zero-order chi connectivity index (χ0) is 18.5. The minimum atomic E-state index is -0.639. The first kappa shape index (κ1) is 17.2. The summed E-state index contributed by atoms with van der Waals surface area (Å²) in [5, 5.41) is 8.52. The summed E-state index contributed by atoms with van der Waals surface area (Å²) in [6.07, 6.45) is 3.19. The summed E-state index contributed by atoms with van der Waals surface area (Å²) in [5.41, 5.74) is 2.40. The molecule has 0 unspecified atom stereocenters. The third kappa shape index (κ3) is 4.32. The maximum absolute atomic E-state index is 12.5. The van der Waals surface area contributed by atoms with Gasteiger partial charge in [0.05, 0.1) is 5.71 Å². The van der Waals surface area contributed by atoms with Crippen LogP contribution in [-0.4, -0.2) is 27.7 Å². The molecule has 1 amide bonds. The van der Waals surface area contributed by atoms with E-state index in [1.165, 1.54) is 11.8 Å². The summed E-state index contributed by atoms with van der Waals surface area (Å²) in [4.78, 5) is 26.4. The highest BCUT2D eigenvalue weighted by atomic mass is 32.2. The van der Waals surface area contributed by atoms with Crippen LogP contribution in [0.2, 0.25) is 0 Å². The second-order valence-corrected chi connectivity index (χ2v) is 6.88. The molecule has 0 saturated carbocycles. The molecule has 1 N–H and O–H groups in total. The molecular weight excluding hydrogens is 360 g/mol. The highest BCUT2D eigenvalue weighted by Gasteiger charge is 2.28. The Hall–Kier alpha value is -3.19. The lowest BCUT2D eigenvalue weighted by atomic mass is 10.0. The van der Waals surface area contributed by atoms with E-state index in [1.807, 2.05) is 54.6 Å². The molecular formula is C20H16N4O2S. The summed E-state index contributed by atoms with van der Waals surface area (Å²) >= 11 is 1.43. The molecule has 0 spiro atoms. The number of hydrogen-bond acceptors (Lipinski definition) is 6. The fraction of sp³-hybridized carbons (Fsp3) is 0.100. The number of carbonyl (C=O) groups excluding carboxylic acids is 1. The van der Waals surface area contributed by atoms with Crippen molar-refractivity contribution in [1.29, 1.82) is 0 Å².